The Morgan fingerprint density at radius 1 is 0.956 bits per heavy atom. The van der Waals surface area contributed by atoms with Crippen LogP contribution in [0.4, 0.5) is 22.7 Å². The fraction of sp³-hybridized carbons (Fsp3) is 0.312. The number of aliphatic carboxylic acids is 2. The van der Waals surface area contributed by atoms with Gasteiger partial charge in [-0.15, -0.1) is 0 Å². The van der Waals surface area contributed by atoms with Crippen LogP contribution < -0.4 is 4.90 Å². The van der Waals surface area contributed by atoms with Crippen molar-refractivity contribution in [1.29, 1.82) is 5.26 Å². The summed E-state index contributed by atoms with van der Waals surface area (Å²) in [7, 11) is 0. The Morgan fingerprint density at radius 3 is 2.13 bits per heavy atom. The molecule has 0 saturated heterocycles. The number of rotatable bonds is 11. The number of anilines is 1. The molecule has 13 heteroatoms. The number of nitro groups is 2. The number of hydrogen-bond donors (Lipinski definition) is 2. The zero-order chi connectivity index (χ0) is 33.3. The van der Waals surface area contributed by atoms with Crippen molar-refractivity contribution in [3.8, 4) is 6.07 Å². The second-order valence-electron chi connectivity index (χ2n) is 11.7. The first-order valence-corrected chi connectivity index (χ1v) is 14.0. The average molecular weight is 615 g/mol. The molecule has 0 spiro atoms. The second kappa shape index (κ2) is 12.2. The molecule has 0 amide bonds. The maximum atomic E-state index is 11.9. The largest absolute Gasteiger partial charge is 0.481 e. The number of hydrogen-bond acceptors (Lipinski definition) is 8. The Hall–Kier alpha value is -5.64. The van der Waals surface area contributed by atoms with Crippen LogP contribution in [-0.4, -0.2) is 55.4 Å². The number of carbonyl (C=O) groups is 2. The van der Waals surface area contributed by atoms with E-state index in [9.17, 15) is 45.3 Å². The minimum absolute atomic E-state index is 0.0476. The molecule has 2 N–H and O–H groups in total. The van der Waals surface area contributed by atoms with E-state index in [0.717, 1.165) is 0 Å². The molecule has 45 heavy (non-hydrogen) atoms. The van der Waals surface area contributed by atoms with Crippen LogP contribution >= 0.6 is 0 Å². The number of nitrogens with zero attached hydrogens (tertiary/aromatic N) is 5. The summed E-state index contributed by atoms with van der Waals surface area (Å²) >= 11 is 0. The quantitative estimate of drug-likeness (QED) is 0.107. The predicted octanol–water partition coefficient (Wildman–Crippen LogP) is 5.52. The molecular formula is C32H32N5O8+. The summed E-state index contributed by atoms with van der Waals surface area (Å²) in [5.41, 5.74) is 1.19. The van der Waals surface area contributed by atoms with Crippen molar-refractivity contribution in [1.82, 2.24) is 0 Å². The van der Waals surface area contributed by atoms with Gasteiger partial charge in [0.25, 0.3) is 11.4 Å². The molecule has 0 bridgehead atoms. The van der Waals surface area contributed by atoms with Crippen LogP contribution in [0.1, 0.15) is 51.7 Å². The third-order valence-electron chi connectivity index (χ3n) is 8.20. The van der Waals surface area contributed by atoms with E-state index < -0.39 is 32.6 Å². The Labute approximate surface area is 258 Å². The summed E-state index contributed by atoms with van der Waals surface area (Å²) in [6.07, 6.45) is 5.88. The normalized spacial score (nSPS) is 17.4. The monoisotopic (exact) mass is 614 g/mol. The first-order chi connectivity index (χ1) is 21.1. The third-order valence-corrected chi connectivity index (χ3v) is 8.20. The predicted molar refractivity (Wildman–Crippen MR) is 165 cm³/mol. The van der Waals surface area contributed by atoms with E-state index in [4.69, 9.17) is 0 Å². The van der Waals surface area contributed by atoms with Gasteiger partial charge in [-0.25, -0.2) is 0 Å². The zero-order valence-electron chi connectivity index (χ0n) is 25.2. The molecule has 0 saturated carbocycles. The molecule has 0 unspecified atom stereocenters. The van der Waals surface area contributed by atoms with E-state index in [2.05, 4.69) is 6.07 Å². The van der Waals surface area contributed by atoms with Crippen molar-refractivity contribution in [3.63, 3.8) is 0 Å². The summed E-state index contributed by atoms with van der Waals surface area (Å²) in [4.78, 5) is 47.4. The van der Waals surface area contributed by atoms with Gasteiger partial charge in [0, 0.05) is 41.9 Å². The molecule has 4 rings (SSSR count). The lowest BCUT2D eigenvalue weighted by molar-refractivity contribution is -0.437. The minimum atomic E-state index is -1.04. The van der Waals surface area contributed by atoms with Crippen LogP contribution in [0, 0.1) is 31.6 Å². The summed E-state index contributed by atoms with van der Waals surface area (Å²) < 4.78 is 1.71. The van der Waals surface area contributed by atoms with Crippen LogP contribution in [0.15, 0.2) is 72.0 Å². The van der Waals surface area contributed by atoms with E-state index in [0.29, 0.717) is 33.9 Å². The second-order valence-corrected chi connectivity index (χ2v) is 11.7. The lowest BCUT2D eigenvalue weighted by Crippen LogP contribution is -2.29. The average Bonchev–Trinajstić information content (AvgIpc) is 3.33. The standard InChI is InChI=1S/C32H31N5O8/c1-31(2)25(34(17-15-27(38)39)21-7-5-9-23(29(21)31)36(42)43)13-11-20(19-33)12-14-26-32(3,4)30-22(35(26)18-16-28(40)41)8-6-10-24(30)37(44)45/h5-14H,15-18H2,1-4H3,(H-,38,39,40,41)/p+1. The van der Waals surface area contributed by atoms with Crippen LogP contribution in [0.25, 0.3) is 0 Å². The molecule has 0 fully saturated rings. The maximum absolute atomic E-state index is 11.9. The molecule has 232 valence electrons. The van der Waals surface area contributed by atoms with Crippen molar-refractivity contribution in [2.45, 2.75) is 51.4 Å². The van der Waals surface area contributed by atoms with E-state index in [1.165, 1.54) is 24.3 Å². The smallest absolute Gasteiger partial charge is 0.309 e. The first kappa shape index (κ1) is 32.3. The topological polar surface area (TPSA) is 191 Å². The molecule has 2 aliphatic heterocycles. The van der Waals surface area contributed by atoms with Crippen molar-refractivity contribution in [2.24, 2.45) is 0 Å². The van der Waals surface area contributed by atoms with Crippen molar-refractivity contribution in [3.05, 3.63) is 103 Å². The SMILES string of the molecule is CC1(C)C(/C=C/C(C#N)=C/C=C2/N(CCC(=O)O)c3cccc([N+](=O)[O-])c3C2(C)C)=[N+](CCC(=O)O)c2cccc([N+](=O)[O-])c21. The first-order valence-electron chi connectivity index (χ1n) is 14.0. The van der Waals surface area contributed by atoms with Crippen molar-refractivity contribution >= 4 is 40.4 Å². The highest BCUT2D eigenvalue weighted by Gasteiger charge is 2.49. The molecule has 0 aromatic heterocycles. The summed E-state index contributed by atoms with van der Waals surface area (Å²) in [6.45, 7) is 7.27. The number of nitro benzene ring substituents is 2. The number of allylic oxidation sites excluding steroid dienone is 6. The van der Waals surface area contributed by atoms with Gasteiger partial charge in [0.05, 0.1) is 44.6 Å². The highest BCUT2D eigenvalue weighted by molar-refractivity contribution is 6.04. The van der Waals surface area contributed by atoms with Crippen LogP contribution in [0.5, 0.6) is 0 Å². The van der Waals surface area contributed by atoms with Gasteiger partial charge in [0.1, 0.15) is 12.0 Å². The summed E-state index contributed by atoms with van der Waals surface area (Å²) in [5, 5.41) is 52.5. The zero-order valence-corrected chi connectivity index (χ0v) is 25.2. The highest BCUT2D eigenvalue weighted by atomic mass is 16.6. The molecular weight excluding hydrogens is 582 g/mol. The highest BCUT2D eigenvalue weighted by Crippen LogP contribution is 2.51. The van der Waals surface area contributed by atoms with E-state index in [-0.39, 0.29) is 42.9 Å². The molecule has 2 aliphatic rings. The Bertz CT molecular complexity index is 1790. The van der Waals surface area contributed by atoms with Gasteiger partial charge in [-0.2, -0.15) is 9.84 Å². The summed E-state index contributed by atoms with van der Waals surface area (Å²) in [5.74, 6) is -2.07. The lowest BCUT2D eigenvalue weighted by Gasteiger charge is -2.26. The molecule has 0 aliphatic carbocycles. The maximum Gasteiger partial charge on any atom is 0.309 e. The Kier molecular flexibility index (Phi) is 8.72. The summed E-state index contributed by atoms with van der Waals surface area (Å²) in [6, 6.07) is 11.4. The van der Waals surface area contributed by atoms with Gasteiger partial charge in [0.15, 0.2) is 12.3 Å². The molecule has 0 atom stereocenters. The van der Waals surface area contributed by atoms with Gasteiger partial charge in [-0.3, -0.25) is 29.8 Å². The van der Waals surface area contributed by atoms with Gasteiger partial charge in [0.2, 0.25) is 5.69 Å². The molecule has 2 heterocycles. The van der Waals surface area contributed by atoms with E-state index >= 15 is 0 Å². The minimum Gasteiger partial charge on any atom is -0.481 e. The third kappa shape index (κ3) is 5.95. The molecule has 2 aromatic carbocycles. The van der Waals surface area contributed by atoms with E-state index in [1.807, 2.05) is 0 Å². The molecule has 0 radical (unpaired) electrons. The number of benzene rings is 2. The number of nitriles is 1. The van der Waals surface area contributed by atoms with Crippen molar-refractivity contribution in [2.75, 3.05) is 18.0 Å². The molecule has 2 aromatic rings. The van der Waals surface area contributed by atoms with Gasteiger partial charge >= 0.3 is 11.9 Å². The van der Waals surface area contributed by atoms with Gasteiger partial charge in [-0.05, 0) is 58.1 Å². The van der Waals surface area contributed by atoms with E-state index in [1.54, 1.807) is 73.6 Å². The lowest BCUT2D eigenvalue weighted by atomic mass is 9.80. The number of carboxylic acids is 2. The van der Waals surface area contributed by atoms with Gasteiger partial charge in [-0.1, -0.05) is 6.07 Å². The Morgan fingerprint density at radius 2 is 1.56 bits per heavy atom. The van der Waals surface area contributed by atoms with Crippen LogP contribution in [0.3, 0.4) is 0 Å². The number of fused-ring (bicyclic) bond motifs is 2. The van der Waals surface area contributed by atoms with Gasteiger partial charge < -0.3 is 15.1 Å². The van der Waals surface area contributed by atoms with Crippen LogP contribution in [-0.2, 0) is 20.4 Å². The fourth-order valence-electron chi connectivity index (χ4n) is 6.24. The molecule has 13 nitrogen and oxygen atoms in total. The van der Waals surface area contributed by atoms with Crippen molar-refractivity contribution < 1.29 is 34.2 Å². The fourth-order valence-corrected chi connectivity index (χ4v) is 6.24. The Balaban J connectivity index is 1.81. The number of carboxylic acid groups (broad SMARTS) is 2. The van der Waals surface area contributed by atoms with Crippen LogP contribution in [0.2, 0.25) is 0 Å².